The van der Waals surface area contributed by atoms with Gasteiger partial charge in [-0.1, -0.05) is 54.1 Å². The van der Waals surface area contributed by atoms with Crippen molar-refractivity contribution in [3.63, 3.8) is 0 Å². The van der Waals surface area contributed by atoms with Crippen molar-refractivity contribution in [2.24, 2.45) is 0 Å². The molecule has 0 aliphatic heterocycles. The van der Waals surface area contributed by atoms with Crippen LogP contribution in [0.3, 0.4) is 0 Å². The van der Waals surface area contributed by atoms with Gasteiger partial charge in [-0.15, -0.1) is 0 Å². The molecule has 0 atom stereocenters. The molecule has 128 valence electrons. The highest BCUT2D eigenvalue weighted by Gasteiger charge is 2.22. The Hall–Kier alpha value is -3.40. The quantitative estimate of drug-likeness (QED) is 0.409. The Balaban J connectivity index is 2.01. The van der Waals surface area contributed by atoms with Crippen molar-refractivity contribution < 1.29 is 14.3 Å². The molecule has 2 heterocycles. The maximum Gasteiger partial charge on any atom is 0.340 e. The van der Waals surface area contributed by atoms with E-state index in [1.165, 1.54) is 7.11 Å². The molecule has 0 unspecified atom stereocenters. The summed E-state index contributed by atoms with van der Waals surface area (Å²) >= 11 is 0. The summed E-state index contributed by atoms with van der Waals surface area (Å²) in [7, 11) is 1.35. The van der Waals surface area contributed by atoms with Crippen LogP contribution in [-0.4, -0.2) is 23.3 Å². The number of carbonyl (C=O) groups excluding carboxylic acids is 2. The first-order valence-electron chi connectivity index (χ1n) is 8.32. The summed E-state index contributed by atoms with van der Waals surface area (Å²) < 4.78 is 6.72. The van der Waals surface area contributed by atoms with Crippen LogP contribution in [0.5, 0.6) is 0 Å². The van der Waals surface area contributed by atoms with Gasteiger partial charge in [-0.05, 0) is 24.4 Å². The van der Waals surface area contributed by atoms with Crippen molar-refractivity contribution in [1.82, 2.24) is 4.40 Å². The van der Waals surface area contributed by atoms with Crippen LogP contribution in [0.25, 0.3) is 16.3 Å². The minimum absolute atomic E-state index is 0.134. The van der Waals surface area contributed by atoms with Gasteiger partial charge in [0.2, 0.25) is 5.78 Å². The highest BCUT2D eigenvalue weighted by Crippen LogP contribution is 2.28. The van der Waals surface area contributed by atoms with Gasteiger partial charge in [-0.2, -0.15) is 0 Å². The third-order valence-electron chi connectivity index (χ3n) is 4.61. The molecule has 2 aromatic carbocycles. The Morgan fingerprint density at radius 1 is 0.962 bits per heavy atom. The first kappa shape index (κ1) is 16.1. The first-order valence-corrected chi connectivity index (χ1v) is 8.32. The summed E-state index contributed by atoms with van der Waals surface area (Å²) in [6.45, 7) is 1.97. The average Bonchev–Trinajstić information content (AvgIpc) is 3.07. The molecule has 0 aliphatic carbocycles. The molecule has 0 aliphatic rings. The number of hydrogen-bond donors (Lipinski definition) is 0. The number of aromatic nitrogens is 1. The lowest BCUT2D eigenvalue weighted by molar-refractivity contribution is 0.0603. The molecular weight excluding hydrogens is 326 g/mol. The molecule has 4 nitrogen and oxygen atoms in total. The largest absolute Gasteiger partial charge is 0.465 e. The average molecular weight is 343 g/mol. The van der Waals surface area contributed by atoms with E-state index >= 15 is 0 Å². The smallest absolute Gasteiger partial charge is 0.340 e. The lowest BCUT2D eigenvalue weighted by atomic mass is 10.1. The summed E-state index contributed by atoms with van der Waals surface area (Å²) in [4.78, 5) is 25.4. The predicted octanol–water partition coefficient (Wildman–Crippen LogP) is 4.42. The van der Waals surface area contributed by atoms with E-state index in [1.807, 2.05) is 55.6 Å². The fourth-order valence-corrected chi connectivity index (χ4v) is 3.26. The molecule has 0 fully saturated rings. The number of methoxy groups -OCH3 is 1. The molecule has 4 aromatic rings. The molecule has 4 rings (SSSR count). The van der Waals surface area contributed by atoms with Gasteiger partial charge in [0.25, 0.3) is 0 Å². The lowest BCUT2D eigenvalue weighted by Crippen LogP contribution is -2.05. The van der Waals surface area contributed by atoms with Crippen LogP contribution in [0.4, 0.5) is 0 Å². The minimum Gasteiger partial charge on any atom is -0.465 e. The molecule has 0 N–H and O–H groups in total. The number of rotatable bonds is 3. The normalized spacial score (nSPS) is 11.0. The van der Waals surface area contributed by atoms with Crippen molar-refractivity contribution in [1.29, 1.82) is 0 Å². The molecular formula is C22H17NO3. The van der Waals surface area contributed by atoms with Crippen LogP contribution in [0.15, 0.2) is 66.9 Å². The van der Waals surface area contributed by atoms with Gasteiger partial charge in [-0.25, -0.2) is 4.79 Å². The SMILES string of the molecule is COC(=O)c1cc(C(=O)c2ccc(C)cc2)n2ccc3ccccc3c12. The zero-order valence-corrected chi connectivity index (χ0v) is 14.5. The van der Waals surface area contributed by atoms with Gasteiger partial charge in [0.1, 0.15) is 0 Å². The molecule has 4 heteroatoms. The molecule has 0 saturated heterocycles. The molecule has 26 heavy (non-hydrogen) atoms. The highest BCUT2D eigenvalue weighted by molar-refractivity contribution is 6.14. The topological polar surface area (TPSA) is 47.8 Å². The Labute approximate surface area is 150 Å². The second-order valence-corrected chi connectivity index (χ2v) is 6.25. The third kappa shape index (κ3) is 2.47. The third-order valence-corrected chi connectivity index (χ3v) is 4.61. The Morgan fingerprint density at radius 2 is 1.69 bits per heavy atom. The van der Waals surface area contributed by atoms with Crippen LogP contribution in [0.2, 0.25) is 0 Å². The van der Waals surface area contributed by atoms with E-state index in [-0.39, 0.29) is 5.78 Å². The van der Waals surface area contributed by atoms with Gasteiger partial charge in [-0.3, -0.25) is 4.79 Å². The number of benzene rings is 2. The lowest BCUT2D eigenvalue weighted by Gasteiger charge is -2.06. The van der Waals surface area contributed by atoms with Gasteiger partial charge >= 0.3 is 5.97 Å². The Bertz CT molecular complexity index is 1150. The summed E-state index contributed by atoms with van der Waals surface area (Å²) in [5.74, 6) is -0.591. The van der Waals surface area contributed by atoms with Crippen LogP contribution < -0.4 is 0 Å². The summed E-state index contributed by atoms with van der Waals surface area (Å²) in [6.07, 6.45) is 1.82. The monoisotopic (exact) mass is 343 g/mol. The van der Waals surface area contributed by atoms with Gasteiger partial charge < -0.3 is 9.14 Å². The first-order chi connectivity index (χ1) is 12.6. The zero-order valence-electron chi connectivity index (χ0n) is 14.5. The Morgan fingerprint density at radius 3 is 2.42 bits per heavy atom. The van der Waals surface area contributed by atoms with E-state index in [4.69, 9.17) is 4.74 Å². The molecule has 0 bridgehead atoms. The van der Waals surface area contributed by atoms with Crippen LogP contribution in [0.1, 0.15) is 32.0 Å². The molecule has 0 saturated carbocycles. The van der Waals surface area contributed by atoms with Crippen molar-refractivity contribution in [3.05, 3.63) is 89.2 Å². The number of pyridine rings is 1. The van der Waals surface area contributed by atoms with E-state index in [2.05, 4.69) is 0 Å². The molecule has 0 radical (unpaired) electrons. The fraction of sp³-hybridized carbons (Fsp3) is 0.0909. The number of aryl methyl sites for hydroxylation is 1. The summed E-state index contributed by atoms with van der Waals surface area (Å²) in [5, 5.41) is 1.90. The zero-order chi connectivity index (χ0) is 18.3. The van der Waals surface area contributed by atoms with Crippen molar-refractivity contribution in [2.45, 2.75) is 6.92 Å². The second-order valence-electron chi connectivity index (χ2n) is 6.25. The van der Waals surface area contributed by atoms with Crippen LogP contribution >= 0.6 is 0 Å². The number of carbonyl (C=O) groups is 2. The van der Waals surface area contributed by atoms with Crippen LogP contribution in [0, 0.1) is 6.92 Å². The van der Waals surface area contributed by atoms with Crippen molar-refractivity contribution in [3.8, 4) is 0 Å². The Kier molecular flexibility index (Phi) is 3.81. The van der Waals surface area contributed by atoms with Gasteiger partial charge in [0.05, 0.1) is 23.9 Å². The van der Waals surface area contributed by atoms with E-state index in [9.17, 15) is 9.59 Å². The second kappa shape index (κ2) is 6.15. The van der Waals surface area contributed by atoms with E-state index in [1.54, 1.807) is 22.6 Å². The van der Waals surface area contributed by atoms with E-state index in [0.717, 1.165) is 16.3 Å². The number of ether oxygens (including phenoxy) is 1. The maximum absolute atomic E-state index is 13.1. The standard InChI is InChI=1S/C22H17NO3/c1-14-7-9-16(10-8-14)21(24)19-13-18(22(25)26-2)20-17-6-4-3-5-15(17)11-12-23(19)20/h3-13H,1-2H3. The van der Waals surface area contributed by atoms with Crippen molar-refractivity contribution in [2.75, 3.05) is 7.11 Å². The van der Waals surface area contributed by atoms with Crippen molar-refractivity contribution >= 4 is 28.0 Å². The number of ketones is 1. The minimum atomic E-state index is -0.457. The maximum atomic E-state index is 13.1. The number of hydrogen-bond acceptors (Lipinski definition) is 3. The molecule has 2 aromatic heterocycles. The number of esters is 1. The highest BCUT2D eigenvalue weighted by atomic mass is 16.5. The van der Waals surface area contributed by atoms with E-state index < -0.39 is 5.97 Å². The van der Waals surface area contributed by atoms with Crippen LogP contribution in [-0.2, 0) is 4.74 Å². The summed E-state index contributed by atoms with van der Waals surface area (Å²) in [5.41, 5.74) is 3.18. The van der Waals surface area contributed by atoms with Gasteiger partial charge in [0.15, 0.2) is 0 Å². The number of nitrogens with zero attached hydrogens (tertiary/aromatic N) is 1. The molecule has 0 spiro atoms. The molecule has 0 amide bonds. The fourth-order valence-electron chi connectivity index (χ4n) is 3.26. The van der Waals surface area contributed by atoms with Gasteiger partial charge in [0, 0.05) is 17.1 Å². The predicted molar refractivity (Wildman–Crippen MR) is 101 cm³/mol. The summed E-state index contributed by atoms with van der Waals surface area (Å²) in [6, 6.07) is 18.7. The number of fused-ring (bicyclic) bond motifs is 3. The van der Waals surface area contributed by atoms with E-state index in [0.29, 0.717) is 22.3 Å².